The molecule has 0 spiro atoms. The monoisotopic (exact) mass is 303 g/mol. The predicted octanol–water partition coefficient (Wildman–Crippen LogP) is -3.19. The Morgan fingerprint density at radius 3 is 2.00 bits per heavy atom. The molecule has 1 atom stereocenters. The van der Waals surface area contributed by atoms with Gasteiger partial charge in [0.05, 0.1) is 36.6 Å². The zero-order valence-electron chi connectivity index (χ0n) is 9.61. The number of aliphatic hydroxyl groups excluding tert-OH is 3. The maximum atomic E-state index is 11.9. The molecule has 0 saturated carbocycles. The fourth-order valence-corrected chi connectivity index (χ4v) is 6.06. The van der Waals surface area contributed by atoms with Gasteiger partial charge in [0.1, 0.15) is 5.54 Å². The lowest BCUT2D eigenvalue weighted by Gasteiger charge is -2.29. The molecule has 18 heavy (non-hydrogen) atoms. The minimum atomic E-state index is -4.03. The van der Waals surface area contributed by atoms with Crippen LogP contribution in [0.25, 0.3) is 0 Å². The van der Waals surface area contributed by atoms with Crippen LogP contribution in [0.15, 0.2) is 0 Å². The number of hydrogen-bond donors (Lipinski definition) is 4. The molecule has 1 aliphatic heterocycles. The van der Waals surface area contributed by atoms with E-state index in [1.165, 1.54) is 0 Å². The van der Waals surface area contributed by atoms with E-state index in [9.17, 15) is 16.8 Å². The van der Waals surface area contributed by atoms with Gasteiger partial charge >= 0.3 is 0 Å². The number of nitrogens with one attached hydrogen (secondary N) is 1. The third kappa shape index (κ3) is 3.39. The highest BCUT2D eigenvalue weighted by Crippen LogP contribution is 2.20. The molecule has 1 aliphatic rings. The van der Waals surface area contributed by atoms with Crippen LogP contribution in [0.2, 0.25) is 0 Å². The van der Waals surface area contributed by atoms with E-state index >= 15 is 0 Å². The summed E-state index contributed by atoms with van der Waals surface area (Å²) in [6.45, 7) is -2.38. The normalized spacial score (nSPS) is 24.3. The Bertz CT molecular complexity index is 471. The number of rotatable bonds is 6. The van der Waals surface area contributed by atoms with Gasteiger partial charge in [0, 0.05) is 0 Å². The van der Waals surface area contributed by atoms with Gasteiger partial charge < -0.3 is 15.3 Å². The smallest absolute Gasteiger partial charge is 0.216 e. The predicted molar refractivity (Wildman–Crippen MR) is 63.1 cm³/mol. The van der Waals surface area contributed by atoms with E-state index in [1.807, 2.05) is 4.72 Å². The van der Waals surface area contributed by atoms with Crippen molar-refractivity contribution in [1.29, 1.82) is 0 Å². The summed E-state index contributed by atoms with van der Waals surface area (Å²) in [5.41, 5.74) is -1.77. The Morgan fingerprint density at radius 2 is 1.67 bits per heavy atom. The Labute approximate surface area is 106 Å². The highest BCUT2D eigenvalue weighted by atomic mass is 32.2. The SMILES string of the molecule is O=S1(=O)CCC(S(=O)(=O)NC(CO)(CO)CO)C1. The number of sulfonamides is 1. The van der Waals surface area contributed by atoms with Gasteiger partial charge in [0.25, 0.3) is 0 Å². The lowest BCUT2D eigenvalue weighted by atomic mass is 10.1. The summed E-state index contributed by atoms with van der Waals surface area (Å²) >= 11 is 0. The molecule has 4 N–H and O–H groups in total. The van der Waals surface area contributed by atoms with Gasteiger partial charge in [0.2, 0.25) is 10.0 Å². The van der Waals surface area contributed by atoms with Crippen LogP contribution in [0.1, 0.15) is 6.42 Å². The number of aliphatic hydroxyl groups is 3. The van der Waals surface area contributed by atoms with Crippen molar-refractivity contribution in [2.45, 2.75) is 17.2 Å². The lowest BCUT2D eigenvalue weighted by Crippen LogP contribution is -2.58. The lowest BCUT2D eigenvalue weighted by molar-refractivity contribution is 0.0580. The van der Waals surface area contributed by atoms with Gasteiger partial charge in [-0.1, -0.05) is 0 Å². The third-order valence-electron chi connectivity index (χ3n) is 2.90. The first kappa shape index (κ1) is 15.8. The van der Waals surface area contributed by atoms with Crippen LogP contribution in [0, 0.1) is 0 Å². The van der Waals surface area contributed by atoms with E-state index in [0.29, 0.717) is 0 Å². The van der Waals surface area contributed by atoms with Crippen molar-refractivity contribution in [2.24, 2.45) is 0 Å². The number of hydrogen-bond acceptors (Lipinski definition) is 7. The minimum Gasteiger partial charge on any atom is -0.394 e. The van der Waals surface area contributed by atoms with Crippen LogP contribution in [0.4, 0.5) is 0 Å². The fourth-order valence-electron chi connectivity index (χ4n) is 1.64. The molecule has 1 fully saturated rings. The summed E-state index contributed by atoms with van der Waals surface area (Å²) in [7, 11) is -7.40. The van der Waals surface area contributed by atoms with E-state index < -0.39 is 56.2 Å². The second-order valence-corrected chi connectivity index (χ2v) is 8.62. The molecule has 0 aromatic heterocycles. The maximum absolute atomic E-state index is 11.9. The Morgan fingerprint density at radius 1 is 1.17 bits per heavy atom. The first-order valence-electron chi connectivity index (χ1n) is 5.26. The van der Waals surface area contributed by atoms with Crippen LogP contribution < -0.4 is 4.72 Å². The molecule has 1 unspecified atom stereocenters. The molecular formula is C8H17NO7S2. The zero-order chi connectivity index (χ0) is 14.0. The van der Waals surface area contributed by atoms with Crippen LogP contribution in [-0.4, -0.2) is 74.3 Å². The van der Waals surface area contributed by atoms with Crippen LogP contribution >= 0.6 is 0 Å². The highest BCUT2D eigenvalue weighted by molar-refractivity contribution is 7.95. The summed E-state index contributed by atoms with van der Waals surface area (Å²) in [4.78, 5) is 0. The van der Waals surface area contributed by atoms with Crippen LogP contribution in [0.3, 0.4) is 0 Å². The van der Waals surface area contributed by atoms with Crippen LogP contribution in [-0.2, 0) is 19.9 Å². The molecule has 108 valence electrons. The Hall–Kier alpha value is -0.260. The summed E-state index contributed by atoms with van der Waals surface area (Å²) in [6, 6.07) is 0. The van der Waals surface area contributed by atoms with Crippen LogP contribution in [0.5, 0.6) is 0 Å². The summed E-state index contributed by atoms with van der Waals surface area (Å²) in [6.07, 6.45) is -0.0317. The Kier molecular flexibility index (Phi) is 4.73. The molecule has 0 aromatic rings. The molecule has 0 radical (unpaired) electrons. The highest BCUT2D eigenvalue weighted by Gasteiger charge is 2.41. The van der Waals surface area contributed by atoms with Crippen molar-refractivity contribution in [1.82, 2.24) is 4.72 Å². The quantitative estimate of drug-likeness (QED) is 0.405. The van der Waals surface area contributed by atoms with Gasteiger partial charge in [-0.05, 0) is 6.42 Å². The molecule has 1 rings (SSSR count). The average molecular weight is 303 g/mol. The van der Waals surface area contributed by atoms with Crippen molar-refractivity contribution < 1.29 is 32.2 Å². The van der Waals surface area contributed by atoms with Gasteiger partial charge in [-0.3, -0.25) is 0 Å². The second kappa shape index (κ2) is 5.39. The summed E-state index contributed by atoms with van der Waals surface area (Å²) in [5.74, 6) is -0.691. The molecule has 0 bridgehead atoms. The standard InChI is InChI=1S/C8H17NO7S2/c10-4-8(5-11,6-12)9-18(15,16)7-1-2-17(13,14)3-7/h7,9-12H,1-6H2. The van der Waals surface area contributed by atoms with Crippen molar-refractivity contribution >= 4 is 19.9 Å². The molecule has 1 saturated heterocycles. The van der Waals surface area contributed by atoms with Gasteiger partial charge in [0.15, 0.2) is 9.84 Å². The minimum absolute atomic E-state index is 0.0317. The van der Waals surface area contributed by atoms with E-state index in [0.717, 1.165) is 0 Å². The molecule has 0 aliphatic carbocycles. The van der Waals surface area contributed by atoms with E-state index in [4.69, 9.17) is 15.3 Å². The molecule has 8 nitrogen and oxygen atoms in total. The fraction of sp³-hybridized carbons (Fsp3) is 1.00. The first-order valence-corrected chi connectivity index (χ1v) is 8.63. The van der Waals surface area contributed by atoms with E-state index in [2.05, 4.69) is 0 Å². The van der Waals surface area contributed by atoms with Gasteiger partial charge in [-0.25, -0.2) is 21.6 Å². The molecular weight excluding hydrogens is 286 g/mol. The molecule has 1 heterocycles. The molecule has 10 heteroatoms. The third-order valence-corrected chi connectivity index (χ3v) is 6.87. The molecule has 0 amide bonds. The van der Waals surface area contributed by atoms with Crippen molar-refractivity contribution in [3.05, 3.63) is 0 Å². The summed E-state index contributed by atoms with van der Waals surface area (Å²) < 4.78 is 48.2. The van der Waals surface area contributed by atoms with E-state index in [1.54, 1.807) is 0 Å². The van der Waals surface area contributed by atoms with Crippen molar-refractivity contribution in [3.63, 3.8) is 0 Å². The number of sulfone groups is 1. The maximum Gasteiger partial charge on any atom is 0.216 e. The van der Waals surface area contributed by atoms with E-state index in [-0.39, 0.29) is 12.2 Å². The van der Waals surface area contributed by atoms with Crippen molar-refractivity contribution in [2.75, 3.05) is 31.3 Å². The topological polar surface area (TPSA) is 141 Å². The second-order valence-electron chi connectivity index (χ2n) is 4.43. The van der Waals surface area contributed by atoms with Gasteiger partial charge in [-0.15, -0.1) is 0 Å². The Balaban J connectivity index is 2.89. The largest absolute Gasteiger partial charge is 0.394 e. The first-order chi connectivity index (χ1) is 8.20. The average Bonchev–Trinajstić information content (AvgIpc) is 2.67. The van der Waals surface area contributed by atoms with Gasteiger partial charge in [-0.2, -0.15) is 0 Å². The summed E-state index contributed by atoms with van der Waals surface area (Å²) in [5, 5.41) is 25.9. The molecule has 0 aromatic carbocycles. The van der Waals surface area contributed by atoms with Crippen molar-refractivity contribution in [3.8, 4) is 0 Å². The zero-order valence-corrected chi connectivity index (χ0v) is 11.2.